The lowest BCUT2D eigenvalue weighted by atomic mass is 9.97. The zero-order valence-electron chi connectivity index (χ0n) is 15.4. The molecule has 1 unspecified atom stereocenters. The first-order valence-corrected chi connectivity index (χ1v) is 8.87. The molecule has 1 aliphatic heterocycles. The van der Waals surface area contributed by atoms with Crippen LogP contribution < -0.4 is 5.32 Å². The van der Waals surface area contributed by atoms with Crippen LogP contribution in [0.2, 0.25) is 0 Å². The molecule has 0 saturated carbocycles. The number of nitrogens with one attached hydrogen (secondary N) is 1. The lowest BCUT2D eigenvalue weighted by Crippen LogP contribution is -2.42. The molecule has 0 bridgehead atoms. The monoisotopic (exact) mass is 345 g/mol. The van der Waals surface area contributed by atoms with E-state index in [0.29, 0.717) is 6.54 Å². The fraction of sp³-hybridized carbons (Fsp3) is 0.647. The maximum Gasteiger partial charge on any atom is 0.321 e. The van der Waals surface area contributed by atoms with E-state index in [1.54, 1.807) is 12.5 Å². The van der Waals surface area contributed by atoms with Crippen LogP contribution in [0.3, 0.4) is 0 Å². The predicted octanol–water partition coefficient (Wildman–Crippen LogP) is 2.66. The van der Waals surface area contributed by atoms with Crippen LogP contribution in [0.15, 0.2) is 18.7 Å². The van der Waals surface area contributed by atoms with Crippen LogP contribution >= 0.6 is 0 Å². The average molecular weight is 345 g/mol. The second-order valence-electron chi connectivity index (χ2n) is 7.53. The van der Waals surface area contributed by atoms with Gasteiger partial charge in [-0.05, 0) is 40.5 Å². The van der Waals surface area contributed by atoms with E-state index in [1.165, 1.54) is 0 Å². The smallest absolute Gasteiger partial charge is 0.321 e. The Hall–Kier alpha value is -2.38. The van der Waals surface area contributed by atoms with Crippen molar-refractivity contribution in [1.29, 1.82) is 0 Å². The molecule has 1 atom stereocenters. The van der Waals surface area contributed by atoms with Crippen molar-refractivity contribution in [2.24, 2.45) is 0 Å². The number of nitrogens with zero attached hydrogens (tertiary/aromatic N) is 6. The molecule has 25 heavy (non-hydrogen) atoms. The Morgan fingerprint density at radius 1 is 1.40 bits per heavy atom. The molecule has 2 aromatic rings. The second kappa shape index (κ2) is 6.85. The van der Waals surface area contributed by atoms with Gasteiger partial charge >= 0.3 is 6.03 Å². The van der Waals surface area contributed by atoms with Crippen molar-refractivity contribution in [2.75, 3.05) is 18.4 Å². The summed E-state index contributed by atoms with van der Waals surface area (Å²) in [5.74, 6) is 1.21. The molecule has 8 nitrogen and oxygen atoms in total. The summed E-state index contributed by atoms with van der Waals surface area (Å²) < 4.78 is 3.91. The summed E-state index contributed by atoms with van der Waals surface area (Å²) in [6.45, 7) is 10.6. The lowest BCUT2D eigenvalue weighted by molar-refractivity contribution is 0.190. The molecule has 8 heteroatoms. The minimum Gasteiger partial charge on any atom is -0.324 e. The van der Waals surface area contributed by atoms with Crippen LogP contribution in [0.5, 0.6) is 0 Å². The third-order valence-corrected chi connectivity index (χ3v) is 4.58. The first-order chi connectivity index (χ1) is 11.9. The maximum atomic E-state index is 12.6. The van der Waals surface area contributed by atoms with E-state index in [4.69, 9.17) is 0 Å². The SMILES string of the molecule is CCn1cnnc1C1CCCN(C(=O)Nc2cnn(C(C)(C)C)c2)C1. The Kier molecular flexibility index (Phi) is 4.78. The second-order valence-corrected chi connectivity index (χ2v) is 7.53. The van der Waals surface area contributed by atoms with E-state index in [1.807, 2.05) is 15.8 Å². The number of carbonyl (C=O) groups is 1. The van der Waals surface area contributed by atoms with Crippen LogP contribution in [0.25, 0.3) is 0 Å². The van der Waals surface area contributed by atoms with Gasteiger partial charge in [-0.2, -0.15) is 5.10 Å². The molecule has 1 fully saturated rings. The minimum absolute atomic E-state index is 0.0827. The molecule has 0 radical (unpaired) electrons. The molecule has 1 aliphatic rings. The van der Waals surface area contributed by atoms with E-state index < -0.39 is 0 Å². The molecular weight excluding hydrogens is 318 g/mol. The van der Waals surface area contributed by atoms with Crippen molar-refractivity contribution in [3.8, 4) is 0 Å². The number of likely N-dealkylation sites (tertiary alicyclic amines) is 1. The average Bonchev–Trinajstić information content (AvgIpc) is 3.23. The summed E-state index contributed by atoms with van der Waals surface area (Å²) in [5.41, 5.74) is 0.613. The quantitative estimate of drug-likeness (QED) is 0.927. The van der Waals surface area contributed by atoms with Crippen LogP contribution in [-0.4, -0.2) is 48.6 Å². The van der Waals surface area contributed by atoms with E-state index >= 15 is 0 Å². The van der Waals surface area contributed by atoms with Crippen molar-refractivity contribution in [2.45, 2.75) is 58.5 Å². The number of piperidine rings is 1. The topological polar surface area (TPSA) is 80.9 Å². The Morgan fingerprint density at radius 2 is 2.20 bits per heavy atom. The normalized spacial score (nSPS) is 18.4. The summed E-state index contributed by atoms with van der Waals surface area (Å²) in [4.78, 5) is 14.5. The molecule has 0 aromatic carbocycles. The standard InChI is InChI=1S/C17H27N7O/c1-5-22-12-18-21-15(22)13-7-6-8-23(10-13)16(25)20-14-9-19-24(11-14)17(2,3)4/h9,11-13H,5-8,10H2,1-4H3,(H,20,25). The van der Waals surface area contributed by atoms with Crippen molar-refractivity contribution in [3.63, 3.8) is 0 Å². The van der Waals surface area contributed by atoms with Crippen molar-refractivity contribution < 1.29 is 4.79 Å². The first-order valence-electron chi connectivity index (χ1n) is 8.87. The first kappa shape index (κ1) is 17.4. The van der Waals surface area contributed by atoms with Gasteiger partial charge in [-0.1, -0.05) is 0 Å². The number of hydrogen-bond donors (Lipinski definition) is 1. The number of anilines is 1. The summed E-state index contributed by atoms with van der Waals surface area (Å²) in [5, 5.41) is 15.6. The van der Waals surface area contributed by atoms with E-state index in [0.717, 1.165) is 37.4 Å². The molecule has 0 spiro atoms. The Morgan fingerprint density at radius 3 is 2.88 bits per heavy atom. The van der Waals surface area contributed by atoms with Crippen LogP contribution in [0, 0.1) is 0 Å². The zero-order valence-corrected chi connectivity index (χ0v) is 15.4. The highest BCUT2D eigenvalue weighted by Crippen LogP contribution is 2.26. The third-order valence-electron chi connectivity index (χ3n) is 4.58. The largest absolute Gasteiger partial charge is 0.324 e. The molecule has 3 rings (SSSR count). The van der Waals surface area contributed by atoms with Gasteiger partial charge in [0.2, 0.25) is 0 Å². The Bertz CT molecular complexity index is 727. The number of hydrogen-bond acceptors (Lipinski definition) is 4. The fourth-order valence-electron chi connectivity index (χ4n) is 3.15. The van der Waals surface area contributed by atoms with Gasteiger partial charge in [-0.25, -0.2) is 4.79 Å². The molecular formula is C17H27N7O. The van der Waals surface area contributed by atoms with Gasteiger partial charge in [-0.15, -0.1) is 10.2 Å². The molecule has 0 aliphatic carbocycles. The molecule has 1 saturated heterocycles. The van der Waals surface area contributed by atoms with Crippen LogP contribution in [0.4, 0.5) is 10.5 Å². The maximum absolute atomic E-state index is 12.6. The zero-order chi connectivity index (χ0) is 18.0. The number of carbonyl (C=O) groups excluding carboxylic acids is 1. The molecule has 136 valence electrons. The predicted molar refractivity (Wildman–Crippen MR) is 95.5 cm³/mol. The van der Waals surface area contributed by atoms with Gasteiger partial charge in [0.05, 0.1) is 17.4 Å². The van der Waals surface area contributed by atoms with Gasteiger partial charge in [0.15, 0.2) is 0 Å². The van der Waals surface area contributed by atoms with Gasteiger partial charge in [0.1, 0.15) is 12.2 Å². The Balaban J connectivity index is 1.65. The number of amides is 2. The van der Waals surface area contributed by atoms with E-state index in [2.05, 4.69) is 52.9 Å². The minimum atomic E-state index is -0.108. The van der Waals surface area contributed by atoms with Crippen LogP contribution in [0.1, 0.15) is 52.3 Å². The lowest BCUT2D eigenvalue weighted by Gasteiger charge is -2.32. The number of aryl methyl sites for hydroxylation is 1. The van der Waals surface area contributed by atoms with Gasteiger partial charge < -0.3 is 14.8 Å². The van der Waals surface area contributed by atoms with E-state index in [-0.39, 0.29) is 17.5 Å². The number of urea groups is 1. The molecule has 2 aromatic heterocycles. The van der Waals surface area contributed by atoms with Crippen molar-refractivity contribution >= 4 is 11.7 Å². The van der Waals surface area contributed by atoms with Gasteiger partial charge in [0, 0.05) is 31.7 Å². The number of rotatable bonds is 3. The highest BCUT2D eigenvalue weighted by molar-refractivity contribution is 5.89. The fourth-order valence-corrected chi connectivity index (χ4v) is 3.15. The summed E-state index contributed by atoms with van der Waals surface area (Å²) in [6, 6.07) is -0.0827. The number of aromatic nitrogens is 5. The van der Waals surface area contributed by atoms with E-state index in [9.17, 15) is 4.79 Å². The van der Waals surface area contributed by atoms with Crippen molar-refractivity contribution in [1.82, 2.24) is 29.4 Å². The van der Waals surface area contributed by atoms with Crippen LogP contribution in [-0.2, 0) is 12.1 Å². The highest BCUT2D eigenvalue weighted by atomic mass is 16.2. The molecule has 1 N–H and O–H groups in total. The Labute approximate surface area is 148 Å². The molecule has 2 amide bonds. The molecule has 3 heterocycles. The summed E-state index contributed by atoms with van der Waals surface area (Å²) >= 11 is 0. The van der Waals surface area contributed by atoms with Gasteiger partial charge in [-0.3, -0.25) is 4.68 Å². The third kappa shape index (κ3) is 3.83. The highest BCUT2D eigenvalue weighted by Gasteiger charge is 2.28. The summed E-state index contributed by atoms with van der Waals surface area (Å²) in [7, 11) is 0. The van der Waals surface area contributed by atoms with Gasteiger partial charge in [0.25, 0.3) is 0 Å². The van der Waals surface area contributed by atoms with Crippen molar-refractivity contribution in [3.05, 3.63) is 24.5 Å². The summed E-state index contributed by atoms with van der Waals surface area (Å²) in [6.07, 6.45) is 7.32.